The van der Waals surface area contributed by atoms with Gasteiger partial charge in [0.15, 0.2) is 11.6 Å². The number of carbonyl (C=O) groups excluding carboxylic acids is 2. The SMILES string of the molecule is CCCCc1ccc2nc(C3C(=O)c4ccccc4C3=O)c(O)cc2c1. The minimum Gasteiger partial charge on any atom is -0.506 e. The van der Waals surface area contributed by atoms with Gasteiger partial charge >= 0.3 is 0 Å². The molecule has 26 heavy (non-hydrogen) atoms. The van der Waals surface area contributed by atoms with Crippen molar-refractivity contribution in [1.29, 1.82) is 0 Å². The second kappa shape index (κ2) is 6.37. The number of aryl methyl sites for hydroxylation is 1. The smallest absolute Gasteiger partial charge is 0.180 e. The van der Waals surface area contributed by atoms with Gasteiger partial charge in [-0.25, -0.2) is 4.98 Å². The van der Waals surface area contributed by atoms with E-state index in [0.717, 1.165) is 24.6 Å². The molecule has 0 fully saturated rings. The second-order valence-corrected chi connectivity index (χ2v) is 6.73. The summed E-state index contributed by atoms with van der Waals surface area (Å²) in [5.41, 5.74) is 2.81. The molecule has 0 radical (unpaired) electrons. The van der Waals surface area contributed by atoms with Gasteiger partial charge in [0.05, 0.1) is 5.52 Å². The molecule has 4 nitrogen and oxygen atoms in total. The van der Waals surface area contributed by atoms with Crippen LogP contribution in [0.25, 0.3) is 10.9 Å². The molecular weight excluding hydrogens is 326 g/mol. The summed E-state index contributed by atoms with van der Waals surface area (Å²) in [7, 11) is 0. The maximum atomic E-state index is 12.7. The molecule has 0 amide bonds. The van der Waals surface area contributed by atoms with E-state index >= 15 is 0 Å². The molecule has 0 aliphatic heterocycles. The Morgan fingerprint density at radius 1 is 1.00 bits per heavy atom. The molecule has 3 aromatic rings. The van der Waals surface area contributed by atoms with E-state index in [0.29, 0.717) is 16.6 Å². The highest BCUT2D eigenvalue weighted by Crippen LogP contribution is 2.37. The zero-order chi connectivity index (χ0) is 18.3. The first kappa shape index (κ1) is 16.5. The van der Waals surface area contributed by atoms with Gasteiger partial charge in [0, 0.05) is 16.5 Å². The number of ketones is 2. The van der Waals surface area contributed by atoms with Crippen LogP contribution in [0.4, 0.5) is 0 Å². The summed E-state index contributed by atoms with van der Waals surface area (Å²) in [6, 6.07) is 14.3. The first-order chi connectivity index (χ1) is 12.6. The summed E-state index contributed by atoms with van der Waals surface area (Å²) in [6.07, 6.45) is 3.20. The number of rotatable bonds is 4. The first-order valence-corrected chi connectivity index (χ1v) is 8.90. The Balaban J connectivity index is 1.77. The van der Waals surface area contributed by atoms with E-state index < -0.39 is 5.92 Å². The number of nitrogens with zero attached hydrogens (tertiary/aromatic N) is 1. The topological polar surface area (TPSA) is 67.3 Å². The summed E-state index contributed by atoms with van der Waals surface area (Å²) in [5.74, 6) is -1.76. The van der Waals surface area contributed by atoms with Crippen molar-refractivity contribution in [3.63, 3.8) is 0 Å². The number of benzene rings is 2. The molecule has 1 aliphatic rings. The Labute approximate surface area is 151 Å². The van der Waals surface area contributed by atoms with Crippen LogP contribution in [0.5, 0.6) is 5.75 Å². The predicted octanol–water partition coefficient (Wildman–Crippen LogP) is 4.45. The van der Waals surface area contributed by atoms with E-state index in [1.165, 1.54) is 5.56 Å². The van der Waals surface area contributed by atoms with Gasteiger partial charge in [-0.05, 0) is 36.6 Å². The number of aromatic nitrogens is 1. The number of hydrogen-bond donors (Lipinski definition) is 1. The third kappa shape index (κ3) is 2.58. The molecule has 0 saturated carbocycles. The molecule has 2 aromatic carbocycles. The van der Waals surface area contributed by atoms with Crippen LogP contribution in [0.15, 0.2) is 48.5 Å². The van der Waals surface area contributed by atoms with Crippen molar-refractivity contribution in [1.82, 2.24) is 4.98 Å². The Morgan fingerprint density at radius 2 is 1.69 bits per heavy atom. The van der Waals surface area contributed by atoms with Crippen LogP contribution < -0.4 is 0 Å². The van der Waals surface area contributed by atoms with Gasteiger partial charge in [0.2, 0.25) is 0 Å². The maximum absolute atomic E-state index is 12.7. The summed E-state index contributed by atoms with van der Waals surface area (Å²) >= 11 is 0. The largest absolute Gasteiger partial charge is 0.506 e. The van der Waals surface area contributed by atoms with Crippen LogP contribution in [-0.4, -0.2) is 21.7 Å². The van der Waals surface area contributed by atoms with E-state index in [4.69, 9.17) is 0 Å². The van der Waals surface area contributed by atoms with Crippen molar-refractivity contribution in [2.45, 2.75) is 32.1 Å². The van der Waals surface area contributed by atoms with Crippen molar-refractivity contribution in [3.05, 3.63) is 70.9 Å². The first-order valence-electron chi connectivity index (χ1n) is 8.90. The zero-order valence-electron chi connectivity index (χ0n) is 14.5. The normalized spacial score (nSPS) is 14.2. The number of fused-ring (bicyclic) bond motifs is 2. The van der Waals surface area contributed by atoms with Gasteiger partial charge in [-0.2, -0.15) is 0 Å². The number of unbranched alkanes of at least 4 members (excludes halogenated alkanes) is 1. The lowest BCUT2D eigenvalue weighted by atomic mass is 9.97. The van der Waals surface area contributed by atoms with E-state index in [-0.39, 0.29) is 23.0 Å². The minimum atomic E-state index is -1.06. The molecule has 0 saturated heterocycles. The van der Waals surface area contributed by atoms with Crippen molar-refractivity contribution in [2.75, 3.05) is 0 Å². The maximum Gasteiger partial charge on any atom is 0.180 e. The van der Waals surface area contributed by atoms with Crippen LogP contribution >= 0.6 is 0 Å². The molecule has 4 rings (SSSR count). The number of aromatic hydroxyl groups is 1. The van der Waals surface area contributed by atoms with E-state index in [2.05, 4.69) is 11.9 Å². The van der Waals surface area contributed by atoms with Crippen LogP contribution in [0.2, 0.25) is 0 Å². The van der Waals surface area contributed by atoms with Crippen molar-refractivity contribution in [2.24, 2.45) is 0 Å². The standard InChI is InChI=1S/C22H19NO3/c1-2-3-6-13-9-10-17-14(11-13)12-18(24)20(23-17)19-21(25)15-7-4-5-8-16(15)22(19)26/h4-5,7-12,19,24H,2-3,6H2,1H3. The Morgan fingerprint density at radius 3 is 2.35 bits per heavy atom. The molecule has 1 aliphatic carbocycles. The third-order valence-corrected chi connectivity index (χ3v) is 4.96. The van der Waals surface area contributed by atoms with E-state index in [1.807, 2.05) is 18.2 Å². The van der Waals surface area contributed by atoms with Crippen molar-refractivity contribution in [3.8, 4) is 5.75 Å². The summed E-state index contributed by atoms with van der Waals surface area (Å²) < 4.78 is 0. The van der Waals surface area contributed by atoms with Gasteiger partial charge in [0.25, 0.3) is 0 Å². The van der Waals surface area contributed by atoms with E-state index in [1.54, 1.807) is 30.3 Å². The lowest BCUT2D eigenvalue weighted by Crippen LogP contribution is -2.14. The lowest BCUT2D eigenvalue weighted by molar-refractivity contribution is 0.0886. The average Bonchev–Trinajstić information content (AvgIpc) is 2.90. The summed E-state index contributed by atoms with van der Waals surface area (Å²) in [5, 5.41) is 11.3. The van der Waals surface area contributed by atoms with Crippen LogP contribution in [0.3, 0.4) is 0 Å². The van der Waals surface area contributed by atoms with Gasteiger partial charge in [-0.15, -0.1) is 0 Å². The minimum absolute atomic E-state index is 0.107. The highest BCUT2D eigenvalue weighted by molar-refractivity contribution is 6.29. The Kier molecular flexibility index (Phi) is 4.03. The fourth-order valence-electron chi connectivity index (χ4n) is 3.57. The van der Waals surface area contributed by atoms with Gasteiger partial charge in [-0.1, -0.05) is 43.7 Å². The third-order valence-electron chi connectivity index (χ3n) is 4.96. The monoisotopic (exact) mass is 345 g/mol. The van der Waals surface area contributed by atoms with Crippen molar-refractivity contribution < 1.29 is 14.7 Å². The molecule has 0 bridgehead atoms. The van der Waals surface area contributed by atoms with E-state index in [9.17, 15) is 14.7 Å². The molecule has 130 valence electrons. The second-order valence-electron chi connectivity index (χ2n) is 6.73. The lowest BCUT2D eigenvalue weighted by Gasteiger charge is -2.11. The molecule has 0 atom stereocenters. The summed E-state index contributed by atoms with van der Waals surface area (Å²) in [6.45, 7) is 2.15. The van der Waals surface area contributed by atoms with Gasteiger partial charge in [0.1, 0.15) is 17.4 Å². The number of carbonyl (C=O) groups is 2. The Hall–Kier alpha value is -3.01. The molecule has 4 heteroatoms. The van der Waals surface area contributed by atoms with Gasteiger partial charge < -0.3 is 5.11 Å². The molecule has 0 spiro atoms. The predicted molar refractivity (Wildman–Crippen MR) is 99.9 cm³/mol. The zero-order valence-corrected chi connectivity index (χ0v) is 14.5. The highest BCUT2D eigenvalue weighted by atomic mass is 16.3. The molecule has 0 unspecified atom stereocenters. The fraction of sp³-hybridized carbons (Fsp3) is 0.227. The van der Waals surface area contributed by atoms with Crippen molar-refractivity contribution >= 4 is 22.5 Å². The number of pyridine rings is 1. The van der Waals surface area contributed by atoms with Gasteiger partial charge in [-0.3, -0.25) is 9.59 Å². The summed E-state index contributed by atoms with van der Waals surface area (Å²) in [4.78, 5) is 29.9. The van der Waals surface area contributed by atoms with Crippen LogP contribution in [0, 0.1) is 0 Å². The number of Topliss-reactive ketones (excluding diaryl/α,β-unsaturated/α-hetero) is 2. The highest BCUT2D eigenvalue weighted by Gasteiger charge is 2.41. The molecule has 1 aromatic heterocycles. The quantitative estimate of drug-likeness (QED) is 0.710. The Bertz CT molecular complexity index is 1000. The van der Waals surface area contributed by atoms with Crippen LogP contribution in [0.1, 0.15) is 57.7 Å². The molecule has 1 heterocycles. The molecule has 1 N–H and O–H groups in total. The van der Waals surface area contributed by atoms with Crippen LogP contribution in [-0.2, 0) is 6.42 Å². The average molecular weight is 345 g/mol. The fourth-order valence-corrected chi connectivity index (χ4v) is 3.57. The number of hydrogen-bond acceptors (Lipinski definition) is 4. The molecular formula is C22H19NO3.